The van der Waals surface area contributed by atoms with Crippen molar-refractivity contribution in [3.63, 3.8) is 0 Å². The van der Waals surface area contributed by atoms with E-state index >= 15 is 0 Å². The number of aromatic nitrogens is 2. The Morgan fingerprint density at radius 1 is 1.26 bits per heavy atom. The smallest absolute Gasteiger partial charge is 0.150 e. The molecular weight excluding hydrogens is 243 g/mol. The Kier molecular flexibility index (Phi) is 2.45. The average Bonchev–Trinajstić information content (AvgIpc) is 2.99. The van der Waals surface area contributed by atoms with Crippen LogP contribution in [0.25, 0.3) is 11.3 Å². The fourth-order valence-electron chi connectivity index (χ4n) is 3.09. The molecule has 1 saturated heterocycles. The summed E-state index contributed by atoms with van der Waals surface area (Å²) in [4.78, 5) is 0. The molecule has 0 bridgehead atoms. The van der Waals surface area contributed by atoms with Crippen LogP contribution in [0.1, 0.15) is 36.6 Å². The summed E-state index contributed by atoms with van der Waals surface area (Å²) in [6.07, 6.45) is 6.01. The van der Waals surface area contributed by atoms with Crippen LogP contribution in [0.3, 0.4) is 0 Å². The zero-order chi connectivity index (χ0) is 12.8. The van der Waals surface area contributed by atoms with Gasteiger partial charge in [0.1, 0.15) is 5.82 Å². The van der Waals surface area contributed by atoms with E-state index in [0.29, 0.717) is 0 Å². The minimum atomic E-state index is -0.191. The first-order valence-electron chi connectivity index (χ1n) is 6.80. The van der Waals surface area contributed by atoms with E-state index in [0.717, 1.165) is 43.5 Å². The molecule has 98 valence electrons. The summed E-state index contributed by atoms with van der Waals surface area (Å²) in [5.74, 6) is -0.191. The molecule has 1 aliphatic heterocycles. The van der Waals surface area contributed by atoms with Gasteiger partial charge in [-0.2, -0.15) is 5.10 Å². The second kappa shape index (κ2) is 4.17. The van der Waals surface area contributed by atoms with Crippen molar-refractivity contribution in [2.45, 2.75) is 31.9 Å². The van der Waals surface area contributed by atoms with Gasteiger partial charge in [0.25, 0.3) is 0 Å². The molecule has 3 nitrogen and oxygen atoms in total. The van der Waals surface area contributed by atoms with Crippen molar-refractivity contribution in [3.8, 4) is 11.3 Å². The van der Waals surface area contributed by atoms with Gasteiger partial charge in [-0.05, 0) is 37.0 Å². The number of ether oxygens (including phenoxy) is 1. The van der Waals surface area contributed by atoms with Gasteiger partial charge in [-0.15, -0.1) is 0 Å². The molecule has 2 heterocycles. The van der Waals surface area contributed by atoms with Gasteiger partial charge in [0.15, 0.2) is 6.23 Å². The minimum Gasteiger partial charge on any atom is -0.356 e. The van der Waals surface area contributed by atoms with Gasteiger partial charge in [0, 0.05) is 24.2 Å². The molecule has 1 aromatic heterocycles. The molecular formula is C15H15FN2O. The van der Waals surface area contributed by atoms with E-state index in [-0.39, 0.29) is 12.0 Å². The fourth-order valence-corrected chi connectivity index (χ4v) is 3.09. The predicted octanol–water partition coefficient (Wildman–Crippen LogP) is 3.29. The molecule has 19 heavy (non-hydrogen) atoms. The summed E-state index contributed by atoms with van der Waals surface area (Å²) in [5, 5.41) is 4.46. The van der Waals surface area contributed by atoms with Gasteiger partial charge in [-0.1, -0.05) is 6.07 Å². The molecule has 1 aromatic carbocycles. The fraction of sp³-hybridized carbons (Fsp3) is 0.400. The second-order valence-electron chi connectivity index (χ2n) is 5.26. The van der Waals surface area contributed by atoms with Crippen molar-refractivity contribution in [3.05, 3.63) is 41.3 Å². The first kappa shape index (κ1) is 11.2. The maximum Gasteiger partial charge on any atom is 0.150 e. The maximum absolute atomic E-state index is 13.5. The zero-order valence-corrected chi connectivity index (χ0v) is 10.6. The number of halogens is 1. The summed E-state index contributed by atoms with van der Waals surface area (Å²) in [6.45, 7) is 0.787. The lowest BCUT2D eigenvalue weighted by atomic mass is 10.1. The molecule has 1 aliphatic carbocycles. The van der Waals surface area contributed by atoms with Crippen molar-refractivity contribution in [1.82, 2.24) is 9.78 Å². The van der Waals surface area contributed by atoms with Gasteiger partial charge in [0.05, 0.1) is 11.9 Å². The third kappa shape index (κ3) is 1.70. The first-order valence-corrected chi connectivity index (χ1v) is 6.80. The van der Waals surface area contributed by atoms with Gasteiger partial charge >= 0.3 is 0 Å². The summed E-state index contributed by atoms with van der Waals surface area (Å²) in [6, 6.07) is 5.01. The van der Waals surface area contributed by atoms with Crippen molar-refractivity contribution in [2.24, 2.45) is 0 Å². The van der Waals surface area contributed by atoms with Crippen LogP contribution in [0.5, 0.6) is 0 Å². The van der Waals surface area contributed by atoms with E-state index in [2.05, 4.69) is 5.10 Å². The van der Waals surface area contributed by atoms with E-state index in [4.69, 9.17) is 4.74 Å². The molecule has 4 rings (SSSR count). The Bertz CT molecular complexity index is 629. The normalized spacial score (nSPS) is 21.2. The third-order valence-electron chi connectivity index (χ3n) is 4.01. The van der Waals surface area contributed by atoms with Gasteiger partial charge in [0.2, 0.25) is 0 Å². The van der Waals surface area contributed by atoms with Crippen molar-refractivity contribution >= 4 is 0 Å². The number of hydrogen-bond acceptors (Lipinski definition) is 2. The maximum atomic E-state index is 13.5. The Hall–Kier alpha value is -1.68. The van der Waals surface area contributed by atoms with Crippen LogP contribution in [0.4, 0.5) is 4.39 Å². The van der Waals surface area contributed by atoms with Crippen molar-refractivity contribution in [1.29, 1.82) is 0 Å². The Balaban J connectivity index is 1.81. The van der Waals surface area contributed by atoms with Gasteiger partial charge in [-0.3, -0.25) is 0 Å². The zero-order valence-electron chi connectivity index (χ0n) is 10.6. The molecule has 1 fully saturated rings. The van der Waals surface area contributed by atoms with Crippen LogP contribution in [-0.4, -0.2) is 16.4 Å². The highest BCUT2D eigenvalue weighted by Crippen LogP contribution is 2.39. The third-order valence-corrected chi connectivity index (χ3v) is 4.01. The predicted molar refractivity (Wildman–Crippen MR) is 69.3 cm³/mol. The SMILES string of the molecule is Fc1ccc2c(c1)-c1c(cnn1C1CCCCO1)C2. The highest BCUT2D eigenvalue weighted by molar-refractivity contribution is 5.73. The Morgan fingerprint density at radius 2 is 2.21 bits per heavy atom. The number of nitrogens with zero attached hydrogens (tertiary/aromatic N) is 2. The summed E-state index contributed by atoms with van der Waals surface area (Å²) >= 11 is 0. The Labute approximate surface area is 111 Å². The molecule has 0 N–H and O–H groups in total. The molecule has 0 saturated carbocycles. The molecule has 0 spiro atoms. The lowest BCUT2D eigenvalue weighted by molar-refractivity contribution is -0.0383. The molecule has 1 atom stereocenters. The van der Waals surface area contributed by atoms with E-state index in [1.807, 2.05) is 16.9 Å². The highest BCUT2D eigenvalue weighted by atomic mass is 19.1. The first-order chi connectivity index (χ1) is 9.33. The van der Waals surface area contributed by atoms with Crippen LogP contribution in [0, 0.1) is 5.82 Å². The standard InChI is InChI=1S/C15H15FN2O/c16-12-5-4-10-7-11-9-17-18(15(11)13(10)8-12)14-3-1-2-6-19-14/h4-5,8-9,14H,1-3,6-7H2. The minimum absolute atomic E-state index is 0.00622. The van der Waals surface area contributed by atoms with E-state index < -0.39 is 0 Å². The summed E-state index contributed by atoms with van der Waals surface area (Å²) in [5.41, 5.74) is 4.37. The van der Waals surface area contributed by atoms with Crippen LogP contribution in [-0.2, 0) is 11.2 Å². The van der Waals surface area contributed by atoms with Crippen LogP contribution in [0.2, 0.25) is 0 Å². The van der Waals surface area contributed by atoms with E-state index in [1.165, 1.54) is 17.2 Å². The average molecular weight is 258 g/mol. The topological polar surface area (TPSA) is 27.1 Å². The molecule has 0 amide bonds. The van der Waals surface area contributed by atoms with Crippen LogP contribution >= 0.6 is 0 Å². The van der Waals surface area contributed by atoms with Crippen molar-refractivity contribution in [2.75, 3.05) is 6.61 Å². The molecule has 2 aromatic rings. The largest absolute Gasteiger partial charge is 0.356 e. The Morgan fingerprint density at radius 3 is 3.05 bits per heavy atom. The van der Waals surface area contributed by atoms with Gasteiger partial charge < -0.3 is 4.74 Å². The molecule has 1 unspecified atom stereocenters. The highest BCUT2D eigenvalue weighted by Gasteiger charge is 2.28. The molecule has 2 aliphatic rings. The second-order valence-corrected chi connectivity index (χ2v) is 5.26. The number of fused-ring (bicyclic) bond motifs is 3. The monoisotopic (exact) mass is 258 g/mol. The summed E-state index contributed by atoms with van der Waals surface area (Å²) in [7, 11) is 0. The lowest BCUT2D eigenvalue weighted by Crippen LogP contribution is -2.19. The number of rotatable bonds is 1. The van der Waals surface area contributed by atoms with E-state index in [9.17, 15) is 4.39 Å². The lowest BCUT2D eigenvalue weighted by Gasteiger charge is -2.24. The van der Waals surface area contributed by atoms with Crippen LogP contribution in [0.15, 0.2) is 24.4 Å². The number of benzene rings is 1. The quantitative estimate of drug-likeness (QED) is 0.669. The van der Waals surface area contributed by atoms with Gasteiger partial charge in [-0.25, -0.2) is 9.07 Å². The van der Waals surface area contributed by atoms with Crippen LogP contribution < -0.4 is 0 Å². The van der Waals surface area contributed by atoms with E-state index in [1.54, 1.807) is 6.07 Å². The molecule has 0 radical (unpaired) electrons. The summed E-state index contributed by atoms with van der Waals surface area (Å²) < 4.78 is 21.2. The number of hydrogen-bond donors (Lipinski definition) is 0. The molecule has 4 heteroatoms. The van der Waals surface area contributed by atoms with Crippen molar-refractivity contribution < 1.29 is 9.13 Å².